The number of benzene rings is 2. The smallest absolute Gasteiger partial charge is 0.255 e. The average Bonchev–Trinajstić information content (AvgIpc) is 2.36. The van der Waals surface area contributed by atoms with Crippen molar-refractivity contribution >= 4 is 17.3 Å². The Kier molecular flexibility index (Phi) is 3.46. The van der Waals surface area contributed by atoms with Gasteiger partial charge in [0, 0.05) is 11.3 Å². The molecular formula is C14H12F2N2O. The number of nitrogens with one attached hydrogen (secondary N) is 1. The molecule has 0 aliphatic carbocycles. The fourth-order valence-electron chi connectivity index (χ4n) is 1.63. The second kappa shape index (κ2) is 5.06. The Bertz CT molecular complexity index is 641. The van der Waals surface area contributed by atoms with E-state index in [1.54, 1.807) is 6.92 Å². The third kappa shape index (κ3) is 2.88. The zero-order valence-corrected chi connectivity index (χ0v) is 10.2. The lowest BCUT2D eigenvalue weighted by Gasteiger charge is -2.09. The molecule has 2 aromatic rings. The molecule has 0 unspecified atom stereocenters. The first-order valence-corrected chi connectivity index (χ1v) is 5.60. The van der Waals surface area contributed by atoms with Crippen LogP contribution in [0, 0.1) is 18.6 Å². The zero-order chi connectivity index (χ0) is 14.0. The molecule has 0 aliphatic heterocycles. The van der Waals surface area contributed by atoms with Crippen LogP contribution in [-0.2, 0) is 0 Å². The molecule has 0 atom stereocenters. The molecule has 0 heterocycles. The lowest BCUT2D eigenvalue weighted by atomic mass is 10.1. The molecule has 5 heteroatoms. The van der Waals surface area contributed by atoms with Crippen LogP contribution in [0.5, 0.6) is 0 Å². The van der Waals surface area contributed by atoms with Crippen LogP contribution in [0.3, 0.4) is 0 Å². The Labute approximate surface area is 109 Å². The van der Waals surface area contributed by atoms with E-state index in [-0.39, 0.29) is 17.1 Å². The predicted molar refractivity (Wildman–Crippen MR) is 69.9 cm³/mol. The van der Waals surface area contributed by atoms with E-state index in [1.807, 2.05) is 0 Å². The van der Waals surface area contributed by atoms with E-state index in [2.05, 4.69) is 5.32 Å². The second-order valence-electron chi connectivity index (χ2n) is 4.15. The van der Waals surface area contributed by atoms with E-state index >= 15 is 0 Å². The van der Waals surface area contributed by atoms with Gasteiger partial charge in [0.25, 0.3) is 5.91 Å². The number of aryl methyl sites for hydroxylation is 1. The van der Waals surface area contributed by atoms with Crippen molar-refractivity contribution in [3.05, 3.63) is 59.2 Å². The highest BCUT2D eigenvalue weighted by Crippen LogP contribution is 2.18. The third-order valence-corrected chi connectivity index (χ3v) is 2.70. The highest BCUT2D eigenvalue weighted by molar-refractivity contribution is 6.04. The quantitative estimate of drug-likeness (QED) is 0.817. The first-order valence-electron chi connectivity index (χ1n) is 5.60. The molecule has 0 aliphatic rings. The van der Waals surface area contributed by atoms with Crippen LogP contribution >= 0.6 is 0 Å². The minimum Gasteiger partial charge on any atom is -0.396 e. The van der Waals surface area contributed by atoms with Crippen molar-refractivity contribution in [2.45, 2.75) is 6.92 Å². The van der Waals surface area contributed by atoms with Gasteiger partial charge < -0.3 is 11.1 Å². The summed E-state index contributed by atoms with van der Waals surface area (Å²) in [5.41, 5.74) is 6.53. The van der Waals surface area contributed by atoms with Gasteiger partial charge >= 0.3 is 0 Å². The first kappa shape index (κ1) is 13.0. The molecule has 2 aromatic carbocycles. The molecule has 0 radical (unpaired) electrons. The zero-order valence-electron chi connectivity index (χ0n) is 10.2. The maximum Gasteiger partial charge on any atom is 0.255 e. The van der Waals surface area contributed by atoms with Crippen molar-refractivity contribution in [2.24, 2.45) is 0 Å². The van der Waals surface area contributed by atoms with E-state index in [0.29, 0.717) is 11.3 Å². The summed E-state index contributed by atoms with van der Waals surface area (Å²) in [4.78, 5) is 11.9. The molecule has 0 aromatic heterocycles. The van der Waals surface area contributed by atoms with Crippen molar-refractivity contribution in [2.75, 3.05) is 11.1 Å². The van der Waals surface area contributed by atoms with Crippen LogP contribution < -0.4 is 11.1 Å². The SMILES string of the molecule is Cc1cc(F)ccc1NC(=O)c1ccc(N)c(F)c1. The molecule has 0 bridgehead atoms. The summed E-state index contributed by atoms with van der Waals surface area (Å²) >= 11 is 0. The van der Waals surface area contributed by atoms with Crippen LogP contribution in [0.15, 0.2) is 36.4 Å². The van der Waals surface area contributed by atoms with Gasteiger partial charge in [-0.1, -0.05) is 0 Å². The normalized spacial score (nSPS) is 10.3. The molecule has 0 saturated heterocycles. The van der Waals surface area contributed by atoms with Gasteiger partial charge in [-0.25, -0.2) is 8.78 Å². The molecule has 0 fully saturated rings. The molecule has 3 nitrogen and oxygen atoms in total. The lowest BCUT2D eigenvalue weighted by molar-refractivity contribution is 0.102. The molecule has 0 spiro atoms. The topological polar surface area (TPSA) is 55.1 Å². The van der Waals surface area contributed by atoms with E-state index < -0.39 is 11.7 Å². The Balaban J connectivity index is 2.23. The maximum absolute atomic E-state index is 13.3. The molecule has 2 rings (SSSR count). The number of carbonyl (C=O) groups excluding carboxylic acids is 1. The van der Waals surface area contributed by atoms with Gasteiger partial charge in [-0.05, 0) is 48.9 Å². The van der Waals surface area contributed by atoms with Gasteiger partial charge in [-0.3, -0.25) is 4.79 Å². The van der Waals surface area contributed by atoms with Crippen LogP contribution in [0.4, 0.5) is 20.2 Å². The number of hydrogen-bond donors (Lipinski definition) is 2. The Morgan fingerprint density at radius 3 is 2.53 bits per heavy atom. The second-order valence-corrected chi connectivity index (χ2v) is 4.15. The van der Waals surface area contributed by atoms with E-state index in [1.165, 1.54) is 30.3 Å². The van der Waals surface area contributed by atoms with Crippen molar-refractivity contribution < 1.29 is 13.6 Å². The van der Waals surface area contributed by atoms with Crippen LogP contribution in [-0.4, -0.2) is 5.91 Å². The summed E-state index contributed by atoms with van der Waals surface area (Å²) in [5, 5.41) is 2.59. The minimum absolute atomic E-state index is 0.0190. The number of anilines is 2. The van der Waals surface area contributed by atoms with Gasteiger partial charge in [0.2, 0.25) is 0 Å². The summed E-state index contributed by atoms with van der Waals surface area (Å²) in [6, 6.07) is 7.81. The summed E-state index contributed by atoms with van der Waals surface area (Å²) in [5.74, 6) is -1.51. The number of nitrogen functional groups attached to an aromatic ring is 1. The average molecular weight is 262 g/mol. The van der Waals surface area contributed by atoms with Gasteiger partial charge in [0.1, 0.15) is 11.6 Å². The summed E-state index contributed by atoms with van der Waals surface area (Å²) in [6.45, 7) is 1.67. The molecule has 98 valence electrons. The minimum atomic E-state index is -0.650. The van der Waals surface area contributed by atoms with Gasteiger partial charge in [0.15, 0.2) is 0 Å². The number of rotatable bonds is 2. The van der Waals surface area contributed by atoms with Crippen molar-refractivity contribution in [1.82, 2.24) is 0 Å². The predicted octanol–water partition coefficient (Wildman–Crippen LogP) is 3.11. The van der Waals surface area contributed by atoms with E-state index in [0.717, 1.165) is 6.07 Å². The maximum atomic E-state index is 13.3. The molecule has 0 saturated carbocycles. The standard InChI is InChI=1S/C14H12F2N2O/c1-8-6-10(15)3-5-13(8)18-14(19)9-2-4-12(17)11(16)7-9/h2-7H,17H2,1H3,(H,18,19). The first-order chi connectivity index (χ1) is 8.97. The Hall–Kier alpha value is -2.43. The Morgan fingerprint density at radius 2 is 1.89 bits per heavy atom. The van der Waals surface area contributed by atoms with Gasteiger partial charge in [-0.15, -0.1) is 0 Å². The summed E-state index contributed by atoms with van der Waals surface area (Å²) in [6.07, 6.45) is 0. The van der Waals surface area contributed by atoms with Crippen molar-refractivity contribution in [3.8, 4) is 0 Å². The number of nitrogens with two attached hydrogens (primary N) is 1. The summed E-state index contributed by atoms with van der Waals surface area (Å²) in [7, 11) is 0. The van der Waals surface area contributed by atoms with Gasteiger partial charge in [0.05, 0.1) is 5.69 Å². The highest BCUT2D eigenvalue weighted by atomic mass is 19.1. The fraction of sp³-hybridized carbons (Fsp3) is 0.0714. The highest BCUT2D eigenvalue weighted by Gasteiger charge is 2.10. The molecule has 1 amide bonds. The number of hydrogen-bond acceptors (Lipinski definition) is 2. The fourth-order valence-corrected chi connectivity index (χ4v) is 1.63. The van der Waals surface area contributed by atoms with E-state index in [9.17, 15) is 13.6 Å². The molecule has 19 heavy (non-hydrogen) atoms. The number of halogens is 2. The van der Waals surface area contributed by atoms with Crippen LogP contribution in [0.2, 0.25) is 0 Å². The number of amides is 1. The molecular weight excluding hydrogens is 250 g/mol. The van der Waals surface area contributed by atoms with Crippen LogP contribution in [0.25, 0.3) is 0 Å². The monoisotopic (exact) mass is 262 g/mol. The number of carbonyl (C=O) groups is 1. The van der Waals surface area contributed by atoms with Crippen molar-refractivity contribution in [1.29, 1.82) is 0 Å². The van der Waals surface area contributed by atoms with Crippen LogP contribution in [0.1, 0.15) is 15.9 Å². The van der Waals surface area contributed by atoms with Gasteiger partial charge in [-0.2, -0.15) is 0 Å². The van der Waals surface area contributed by atoms with Crippen molar-refractivity contribution in [3.63, 3.8) is 0 Å². The largest absolute Gasteiger partial charge is 0.396 e. The van der Waals surface area contributed by atoms with E-state index in [4.69, 9.17) is 5.73 Å². The summed E-state index contributed by atoms with van der Waals surface area (Å²) < 4.78 is 26.2. The lowest BCUT2D eigenvalue weighted by Crippen LogP contribution is -2.13. The Morgan fingerprint density at radius 1 is 1.16 bits per heavy atom. The third-order valence-electron chi connectivity index (χ3n) is 2.70. The molecule has 3 N–H and O–H groups in total.